The standard InChI is InChI=1S/C23H25N5O4S.C2HF3O2/c1-23(2,27-18-7-5-6-16(14-18)21(24)28-30)22(29)26-17-12-10-15(11-13-17)19-8-3-4-9-20(19)33(25,31)32;3-2(4,5)1(6)7/h3-14,27,30H,1-2H3,(H2,24,28)(H,26,29)(H2,25,31,32);(H,6,7). The van der Waals surface area contributed by atoms with Crippen molar-refractivity contribution in [3.8, 4) is 11.1 Å². The molecule has 15 heteroatoms. The Morgan fingerprint density at radius 3 is 2.02 bits per heavy atom. The number of hydrogen-bond acceptors (Lipinski definition) is 7. The Morgan fingerprint density at radius 1 is 0.925 bits per heavy atom. The number of nitrogens with one attached hydrogen (secondary N) is 2. The largest absolute Gasteiger partial charge is 0.490 e. The minimum atomic E-state index is -5.08. The number of aliphatic carboxylic acids is 1. The summed E-state index contributed by atoms with van der Waals surface area (Å²) in [5.41, 5.74) is 7.42. The van der Waals surface area contributed by atoms with Crippen molar-refractivity contribution < 1.29 is 41.5 Å². The summed E-state index contributed by atoms with van der Waals surface area (Å²) >= 11 is 0. The lowest BCUT2D eigenvalue weighted by molar-refractivity contribution is -0.192. The molecule has 0 fully saturated rings. The number of nitrogens with zero attached hydrogens (tertiary/aromatic N) is 1. The number of nitrogens with two attached hydrogens (primary N) is 2. The maximum Gasteiger partial charge on any atom is 0.490 e. The monoisotopic (exact) mass is 581 g/mol. The average molecular weight is 582 g/mol. The van der Waals surface area contributed by atoms with Crippen LogP contribution in [0.1, 0.15) is 19.4 Å². The third-order valence-corrected chi connectivity index (χ3v) is 6.15. The van der Waals surface area contributed by atoms with Crippen molar-refractivity contribution in [1.29, 1.82) is 0 Å². The molecule has 0 aromatic heterocycles. The van der Waals surface area contributed by atoms with E-state index in [2.05, 4.69) is 15.8 Å². The number of benzene rings is 3. The van der Waals surface area contributed by atoms with Gasteiger partial charge >= 0.3 is 12.1 Å². The fourth-order valence-corrected chi connectivity index (χ4v) is 3.97. The van der Waals surface area contributed by atoms with Crippen LogP contribution >= 0.6 is 0 Å². The molecule has 0 aliphatic heterocycles. The summed E-state index contributed by atoms with van der Waals surface area (Å²) in [5.74, 6) is -3.09. The summed E-state index contributed by atoms with van der Waals surface area (Å²) in [6, 6.07) is 20.1. The minimum Gasteiger partial charge on any atom is -0.475 e. The van der Waals surface area contributed by atoms with Crippen molar-refractivity contribution in [2.24, 2.45) is 16.0 Å². The van der Waals surface area contributed by atoms with E-state index >= 15 is 0 Å². The van der Waals surface area contributed by atoms with Gasteiger partial charge in [0.05, 0.1) is 4.90 Å². The van der Waals surface area contributed by atoms with E-state index in [0.717, 1.165) is 0 Å². The van der Waals surface area contributed by atoms with Gasteiger partial charge in [-0.05, 0) is 49.7 Å². The summed E-state index contributed by atoms with van der Waals surface area (Å²) in [6.07, 6.45) is -5.08. The molecular formula is C25H26F3N5O6S. The number of carboxylic acids is 1. The van der Waals surface area contributed by atoms with Gasteiger partial charge in [0, 0.05) is 22.5 Å². The van der Waals surface area contributed by atoms with E-state index < -0.39 is 27.7 Å². The van der Waals surface area contributed by atoms with Gasteiger partial charge in [0.25, 0.3) is 0 Å². The third kappa shape index (κ3) is 8.71. The summed E-state index contributed by atoms with van der Waals surface area (Å²) in [7, 11) is -3.88. The molecule has 0 heterocycles. The van der Waals surface area contributed by atoms with E-state index in [1.165, 1.54) is 6.07 Å². The van der Waals surface area contributed by atoms with E-state index in [0.29, 0.717) is 28.1 Å². The van der Waals surface area contributed by atoms with Crippen molar-refractivity contribution in [3.05, 3.63) is 78.4 Å². The molecule has 0 aliphatic rings. The SMILES string of the molecule is CC(C)(Nc1cccc(/C(N)=N\O)c1)C(=O)Nc1ccc(-c2ccccc2S(N)(=O)=O)cc1.O=C(O)C(F)(F)F. The highest BCUT2D eigenvalue weighted by Gasteiger charge is 2.38. The number of carbonyl (C=O) groups is 2. The van der Waals surface area contributed by atoms with Crippen molar-refractivity contribution in [2.45, 2.75) is 30.5 Å². The van der Waals surface area contributed by atoms with Gasteiger partial charge in [-0.3, -0.25) is 4.79 Å². The molecule has 0 saturated heterocycles. The molecule has 0 atom stereocenters. The van der Waals surface area contributed by atoms with Crippen LogP contribution in [0.3, 0.4) is 0 Å². The molecule has 214 valence electrons. The van der Waals surface area contributed by atoms with Gasteiger partial charge in [-0.15, -0.1) is 0 Å². The Morgan fingerprint density at radius 2 is 1.50 bits per heavy atom. The predicted octanol–water partition coefficient (Wildman–Crippen LogP) is 3.56. The van der Waals surface area contributed by atoms with E-state index in [1.54, 1.807) is 80.6 Å². The molecule has 0 unspecified atom stereocenters. The third-order valence-electron chi connectivity index (χ3n) is 5.18. The Balaban J connectivity index is 0.000000708. The van der Waals surface area contributed by atoms with E-state index in [9.17, 15) is 26.4 Å². The Hall–Kier alpha value is -4.63. The Labute approximate surface area is 227 Å². The first kappa shape index (κ1) is 31.6. The minimum absolute atomic E-state index is 0.0289. The zero-order chi connectivity index (χ0) is 30.3. The molecule has 3 rings (SSSR count). The smallest absolute Gasteiger partial charge is 0.475 e. The Kier molecular flexibility index (Phi) is 9.86. The number of halogens is 3. The summed E-state index contributed by atoms with van der Waals surface area (Å²) < 4.78 is 55.5. The number of rotatable bonds is 7. The predicted molar refractivity (Wildman–Crippen MR) is 142 cm³/mol. The highest BCUT2D eigenvalue weighted by atomic mass is 32.2. The molecule has 0 radical (unpaired) electrons. The van der Waals surface area contributed by atoms with Crippen molar-refractivity contribution >= 4 is 39.1 Å². The molecule has 0 saturated carbocycles. The molecule has 40 heavy (non-hydrogen) atoms. The number of hydrogen-bond donors (Lipinski definition) is 6. The number of carbonyl (C=O) groups excluding carboxylic acids is 1. The van der Waals surface area contributed by atoms with Crippen LogP contribution in [0.5, 0.6) is 0 Å². The highest BCUT2D eigenvalue weighted by molar-refractivity contribution is 7.89. The van der Waals surface area contributed by atoms with Crippen molar-refractivity contribution in [2.75, 3.05) is 10.6 Å². The van der Waals surface area contributed by atoms with Crippen LogP contribution in [0.4, 0.5) is 24.5 Å². The molecule has 0 bridgehead atoms. The normalized spacial score (nSPS) is 12.1. The maximum atomic E-state index is 12.9. The van der Waals surface area contributed by atoms with Gasteiger partial charge in [-0.2, -0.15) is 13.2 Å². The molecule has 11 nitrogen and oxygen atoms in total. The molecule has 0 aliphatic carbocycles. The highest BCUT2D eigenvalue weighted by Crippen LogP contribution is 2.28. The molecule has 8 N–H and O–H groups in total. The summed E-state index contributed by atoms with van der Waals surface area (Å²) in [5, 5.41) is 30.3. The molecule has 3 aromatic rings. The molecule has 1 amide bonds. The summed E-state index contributed by atoms with van der Waals surface area (Å²) in [6.45, 7) is 3.43. The van der Waals surface area contributed by atoms with Crippen LogP contribution in [0.2, 0.25) is 0 Å². The van der Waals surface area contributed by atoms with Gasteiger partial charge in [0.1, 0.15) is 5.54 Å². The molecular weight excluding hydrogens is 555 g/mol. The zero-order valence-electron chi connectivity index (χ0n) is 21.1. The number of oxime groups is 1. The molecule has 3 aromatic carbocycles. The van der Waals surface area contributed by atoms with Gasteiger partial charge < -0.3 is 26.7 Å². The van der Waals surface area contributed by atoms with E-state index in [-0.39, 0.29) is 16.6 Å². The number of amidine groups is 1. The average Bonchev–Trinajstić information content (AvgIpc) is 2.88. The first-order chi connectivity index (χ1) is 18.5. The van der Waals surface area contributed by atoms with Gasteiger partial charge in [-0.1, -0.05) is 47.6 Å². The topological polar surface area (TPSA) is 197 Å². The van der Waals surface area contributed by atoms with Crippen LogP contribution in [-0.4, -0.2) is 48.2 Å². The maximum absolute atomic E-state index is 12.9. The van der Waals surface area contributed by atoms with Crippen molar-refractivity contribution in [1.82, 2.24) is 0 Å². The number of alkyl halides is 3. The van der Waals surface area contributed by atoms with E-state index in [4.69, 9.17) is 26.0 Å². The van der Waals surface area contributed by atoms with Crippen LogP contribution in [-0.2, 0) is 19.6 Å². The van der Waals surface area contributed by atoms with Crippen LogP contribution in [0.25, 0.3) is 11.1 Å². The van der Waals surface area contributed by atoms with Crippen molar-refractivity contribution in [3.63, 3.8) is 0 Å². The molecule has 0 spiro atoms. The second-order valence-corrected chi connectivity index (χ2v) is 10.2. The number of amides is 1. The fourth-order valence-electron chi connectivity index (χ4n) is 3.21. The van der Waals surface area contributed by atoms with E-state index in [1.807, 2.05) is 0 Å². The van der Waals surface area contributed by atoms with Gasteiger partial charge in [-0.25, -0.2) is 18.4 Å². The number of carboxylic acid groups (broad SMARTS) is 1. The van der Waals surface area contributed by atoms with Crippen LogP contribution in [0.15, 0.2) is 82.8 Å². The second kappa shape index (κ2) is 12.5. The quantitative estimate of drug-likeness (QED) is 0.105. The lowest BCUT2D eigenvalue weighted by Crippen LogP contribution is -2.44. The van der Waals surface area contributed by atoms with Crippen LogP contribution < -0.4 is 21.5 Å². The zero-order valence-corrected chi connectivity index (χ0v) is 21.9. The second-order valence-electron chi connectivity index (χ2n) is 8.69. The van der Waals surface area contributed by atoms with Gasteiger partial charge in [0.15, 0.2) is 5.84 Å². The lowest BCUT2D eigenvalue weighted by atomic mass is 10.0. The summed E-state index contributed by atoms with van der Waals surface area (Å²) in [4.78, 5) is 21.8. The number of primary sulfonamides is 1. The van der Waals surface area contributed by atoms with Gasteiger partial charge in [0.2, 0.25) is 15.9 Å². The lowest BCUT2D eigenvalue weighted by Gasteiger charge is -2.26. The number of sulfonamides is 1. The first-order valence-corrected chi connectivity index (χ1v) is 12.7. The first-order valence-electron chi connectivity index (χ1n) is 11.2. The fraction of sp³-hybridized carbons (Fsp3) is 0.160. The Bertz CT molecular complexity index is 1510. The number of anilines is 2. The van der Waals surface area contributed by atoms with Crippen LogP contribution in [0, 0.1) is 0 Å².